The third-order valence-electron chi connectivity index (χ3n) is 3.40. The first-order valence-corrected chi connectivity index (χ1v) is 7.38. The zero-order valence-electron chi connectivity index (χ0n) is 11.8. The number of aromatic nitrogens is 1. The molecule has 1 N–H and O–H groups in total. The summed E-state index contributed by atoms with van der Waals surface area (Å²) in [6, 6.07) is 7.58. The van der Waals surface area contributed by atoms with E-state index < -0.39 is 18.8 Å². The minimum atomic E-state index is -4.58. The highest BCUT2D eigenvalue weighted by atomic mass is 32.1. The fraction of sp³-hybridized carbons (Fsp3) is 0.500. The van der Waals surface area contributed by atoms with Gasteiger partial charge in [0.1, 0.15) is 0 Å². The Morgan fingerprint density at radius 1 is 1.33 bits per heavy atom. The van der Waals surface area contributed by atoms with Crippen LogP contribution in [-0.2, 0) is 6.42 Å². The lowest BCUT2D eigenvalue weighted by Crippen LogP contribution is -2.43. The van der Waals surface area contributed by atoms with Crippen molar-refractivity contribution in [3.05, 3.63) is 29.3 Å². The summed E-state index contributed by atoms with van der Waals surface area (Å²) < 4.78 is 38.1. The van der Waals surface area contributed by atoms with E-state index in [4.69, 9.17) is 5.11 Å². The molecule has 2 rings (SSSR count). The van der Waals surface area contributed by atoms with E-state index in [1.165, 1.54) is 4.90 Å². The predicted octanol–water partition coefficient (Wildman–Crippen LogP) is 3.08. The molecule has 0 aliphatic carbocycles. The molecule has 1 aromatic heterocycles. The number of likely N-dealkylation sites (N-methyl/N-ethyl adjacent to an activating group) is 1. The van der Waals surface area contributed by atoms with Crippen LogP contribution in [0, 0.1) is 0 Å². The average Bonchev–Trinajstić information content (AvgIpc) is 2.79. The molecule has 2 atom stereocenters. The van der Waals surface area contributed by atoms with Crippen molar-refractivity contribution in [3.8, 4) is 0 Å². The maximum atomic E-state index is 12.4. The number of aliphatic hydroxyl groups excluding tert-OH is 1. The van der Waals surface area contributed by atoms with Crippen LogP contribution in [-0.4, -0.2) is 46.9 Å². The Morgan fingerprint density at radius 3 is 2.62 bits per heavy atom. The van der Waals surface area contributed by atoms with Crippen LogP contribution in [0.3, 0.4) is 0 Å². The van der Waals surface area contributed by atoms with Crippen molar-refractivity contribution < 1.29 is 18.3 Å². The summed E-state index contributed by atoms with van der Waals surface area (Å²) in [5, 5.41) is 9.99. The number of aliphatic hydroxyl groups is 1. The van der Waals surface area contributed by atoms with Gasteiger partial charge in [0.15, 0.2) is 6.10 Å². The lowest BCUT2D eigenvalue weighted by Gasteiger charge is -2.27. The Morgan fingerprint density at radius 2 is 2.00 bits per heavy atom. The van der Waals surface area contributed by atoms with E-state index in [2.05, 4.69) is 4.98 Å². The van der Waals surface area contributed by atoms with Crippen LogP contribution in [0.2, 0.25) is 0 Å². The van der Waals surface area contributed by atoms with Gasteiger partial charge in [-0.25, -0.2) is 4.98 Å². The Labute approximate surface area is 125 Å². The van der Waals surface area contributed by atoms with Gasteiger partial charge in [-0.3, -0.25) is 0 Å². The summed E-state index contributed by atoms with van der Waals surface area (Å²) in [7, 11) is 1.58. The summed E-state index contributed by atoms with van der Waals surface area (Å²) in [5.74, 6) is 0. The fourth-order valence-electron chi connectivity index (χ4n) is 1.97. The zero-order chi connectivity index (χ0) is 15.6. The first-order valence-electron chi connectivity index (χ1n) is 6.57. The van der Waals surface area contributed by atoms with Crippen molar-refractivity contribution >= 4 is 21.6 Å². The molecule has 0 aliphatic rings. The van der Waals surface area contributed by atoms with Crippen molar-refractivity contribution in [1.82, 2.24) is 9.88 Å². The minimum absolute atomic E-state index is 0.137. The van der Waals surface area contributed by atoms with Crippen LogP contribution >= 0.6 is 11.3 Å². The standard InChI is InChI=1S/C14H17F3N2OS/c1-9(19(2)8-12(20)14(15,16)17)7-13-18-10-5-3-4-6-11(10)21-13/h3-6,9,12,20H,7-8H2,1-2H3. The molecule has 1 aromatic carbocycles. The third-order valence-corrected chi connectivity index (χ3v) is 4.46. The van der Waals surface area contributed by atoms with Gasteiger partial charge in [0.2, 0.25) is 0 Å². The van der Waals surface area contributed by atoms with E-state index in [1.54, 1.807) is 18.4 Å². The molecule has 7 heteroatoms. The van der Waals surface area contributed by atoms with Gasteiger partial charge in [0, 0.05) is 19.0 Å². The monoisotopic (exact) mass is 318 g/mol. The molecule has 0 fully saturated rings. The smallest absolute Gasteiger partial charge is 0.382 e. The van der Waals surface area contributed by atoms with Gasteiger partial charge >= 0.3 is 6.18 Å². The van der Waals surface area contributed by atoms with Crippen LogP contribution in [0.1, 0.15) is 11.9 Å². The molecule has 116 valence electrons. The summed E-state index contributed by atoms with van der Waals surface area (Å²) >= 11 is 1.54. The number of hydrogen-bond acceptors (Lipinski definition) is 4. The largest absolute Gasteiger partial charge is 0.415 e. The summed E-state index contributed by atoms with van der Waals surface area (Å²) in [6.45, 7) is 1.39. The summed E-state index contributed by atoms with van der Waals surface area (Å²) in [5.41, 5.74) is 0.905. The molecule has 21 heavy (non-hydrogen) atoms. The molecule has 0 spiro atoms. The van der Waals surface area contributed by atoms with E-state index in [1.807, 2.05) is 31.2 Å². The van der Waals surface area contributed by atoms with Crippen molar-refractivity contribution in [2.45, 2.75) is 31.7 Å². The van der Waals surface area contributed by atoms with Crippen LogP contribution in [0.5, 0.6) is 0 Å². The second-order valence-electron chi connectivity index (χ2n) is 5.13. The van der Waals surface area contributed by atoms with E-state index in [0.29, 0.717) is 6.42 Å². The van der Waals surface area contributed by atoms with E-state index in [0.717, 1.165) is 15.2 Å². The summed E-state index contributed by atoms with van der Waals surface area (Å²) in [4.78, 5) is 5.97. The third kappa shape index (κ3) is 4.15. The van der Waals surface area contributed by atoms with Crippen LogP contribution < -0.4 is 0 Å². The first kappa shape index (κ1) is 16.2. The Kier molecular flexibility index (Phi) is 4.85. The second-order valence-corrected chi connectivity index (χ2v) is 6.24. The van der Waals surface area contributed by atoms with Gasteiger partial charge in [0.05, 0.1) is 15.2 Å². The Bertz CT molecular complexity index is 566. The predicted molar refractivity (Wildman–Crippen MR) is 77.5 cm³/mol. The molecule has 0 saturated carbocycles. The second kappa shape index (κ2) is 6.29. The molecule has 0 amide bonds. The van der Waals surface area contributed by atoms with Crippen molar-refractivity contribution in [2.24, 2.45) is 0 Å². The number of para-hydroxylation sites is 1. The fourth-order valence-corrected chi connectivity index (χ4v) is 3.06. The van der Waals surface area contributed by atoms with Crippen molar-refractivity contribution in [2.75, 3.05) is 13.6 Å². The first-order chi connectivity index (χ1) is 9.77. The molecular weight excluding hydrogens is 301 g/mol. The van der Waals surface area contributed by atoms with Gasteiger partial charge in [-0.1, -0.05) is 12.1 Å². The molecule has 3 nitrogen and oxygen atoms in total. The molecule has 0 aliphatic heterocycles. The number of hydrogen-bond donors (Lipinski definition) is 1. The van der Waals surface area contributed by atoms with E-state index in [9.17, 15) is 13.2 Å². The summed E-state index contributed by atoms with van der Waals surface area (Å²) in [6.07, 6.45) is -6.34. The zero-order valence-corrected chi connectivity index (χ0v) is 12.6. The lowest BCUT2D eigenvalue weighted by atomic mass is 10.2. The van der Waals surface area contributed by atoms with Gasteiger partial charge in [0.25, 0.3) is 0 Å². The van der Waals surface area contributed by atoms with Crippen LogP contribution in [0.4, 0.5) is 13.2 Å². The molecule has 0 saturated heterocycles. The highest BCUT2D eigenvalue weighted by molar-refractivity contribution is 7.18. The Hall–Kier alpha value is -1.18. The highest BCUT2D eigenvalue weighted by Crippen LogP contribution is 2.24. The van der Waals surface area contributed by atoms with Crippen LogP contribution in [0.25, 0.3) is 10.2 Å². The molecular formula is C14H17F3N2OS. The number of thiazole rings is 1. The highest BCUT2D eigenvalue weighted by Gasteiger charge is 2.39. The van der Waals surface area contributed by atoms with Crippen molar-refractivity contribution in [1.29, 1.82) is 0 Å². The molecule has 0 bridgehead atoms. The minimum Gasteiger partial charge on any atom is -0.382 e. The molecule has 0 radical (unpaired) electrons. The topological polar surface area (TPSA) is 36.4 Å². The van der Waals surface area contributed by atoms with Crippen LogP contribution in [0.15, 0.2) is 24.3 Å². The van der Waals surface area contributed by atoms with E-state index in [-0.39, 0.29) is 6.04 Å². The normalized spacial score (nSPS) is 15.6. The van der Waals surface area contributed by atoms with Crippen molar-refractivity contribution in [3.63, 3.8) is 0 Å². The average molecular weight is 318 g/mol. The molecule has 1 heterocycles. The maximum Gasteiger partial charge on any atom is 0.415 e. The lowest BCUT2D eigenvalue weighted by molar-refractivity contribution is -0.208. The van der Waals surface area contributed by atoms with Gasteiger partial charge in [-0.15, -0.1) is 11.3 Å². The number of halogens is 3. The number of benzene rings is 1. The van der Waals surface area contributed by atoms with Gasteiger partial charge in [-0.05, 0) is 26.1 Å². The molecule has 2 unspecified atom stereocenters. The van der Waals surface area contributed by atoms with Gasteiger partial charge < -0.3 is 10.0 Å². The number of rotatable bonds is 5. The van der Waals surface area contributed by atoms with Gasteiger partial charge in [-0.2, -0.15) is 13.2 Å². The maximum absolute atomic E-state index is 12.4. The number of alkyl halides is 3. The SMILES string of the molecule is CC(Cc1nc2ccccc2s1)N(C)CC(O)C(F)(F)F. The number of nitrogens with zero attached hydrogens (tertiary/aromatic N) is 2. The number of fused-ring (bicyclic) bond motifs is 1. The Balaban J connectivity index is 1.98. The molecule has 2 aromatic rings. The quantitative estimate of drug-likeness (QED) is 0.920. The van der Waals surface area contributed by atoms with E-state index >= 15 is 0 Å².